The number of amides is 3. The first kappa shape index (κ1) is 21.3. The highest BCUT2D eigenvalue weighted by atomic mass is 19.1. The molecule has 1 saturated heterocycles. The van der Waals surface area contributed by atoms with E-state index in [1.165, 1.54) is 19.1 Å². The van der Waals surface area contributed by atoms with Gasteiger partial charge < -0.3 is 20.3 Å². The normalized spacial score (nSPS) is 13.8. The number of benzene rings is 2. The topological polar surface area (TPSA) is 92.9 Å². The molecule has 8 heteroatoms. The van der Waals surface area contributed by atoms with Gasteiger partial charge in [-0.05, 0) is 29.8 Å². The molecule has 158 valence electrons. The van der Waals surface area contributed by atoms with Crippen LogP contribution in [0.25, 0.3) is 0 Å². The van der Waals surface area contributed by atoms with Crippen LogP contribution >= 0.6 is 0 Å². The first-order valence-electron chi connectivity index (χ1n) is 9.71. The quantitative estimate of drug-likeness (QED) is 0.782. The number of nitrogens with two attached hydrogens (primary N) is 1. The van der Waals surface area contributed by atoms with Gasteiger partial charge in [0.1, 0.15) is 11.6 Å². The van der Waals surface area contributed by atoms with Gasteiger partial charge in [0, 0.05) is 39.5 Å². The van der Waals surface area contributed by atoms with Gasteiger partial charge in [0.15, 0.2) is 0 Å². The molecule has 0 radical (unpaired) electrons. The number of para-hydroxylation sites is 1. The third-order valence-corrected chi connectivity index (χ3v) is 5.07. The maximum atomic E-state index is 14.3. The van der Waals surface area contributed by atoms with Gasteiger partial charge in [0.25, 0.3) is 11.8 Å². The van der Waals surface area contributed by atoms with Crippen molar-refractivity contribution < 1.29 is 23.5 Å². The maximum Gasteiger partial charge on any atom is 0.256 e. The van der Waals surface area contributed by atoms with Crippen molar-refractivity contribution in [3.8, 4) is 5.75 Å². The minimum Gasteiger partial charge on any atom is -0.492 e. The van der Waals surface area contributed by atoms with Gasteiger partial charge in [0.2, 0.25) is 5.91 Å². The summed E-state index contributed by atoms with van der Waals surface area (Å²) in [5.74, 6) is -1.21. The van der Waals surface area contributed by atoms with E-state index in [1.807, 2.05) is 0 Å². The summed E-state index contributed by atoms with van der Waals surface area (Å²) in [5.41, 5.74) is 6.36. The van der Waals surface area contributed by atoms with Crippen LogP contribution in [0.2, 0.25) is 0 Å². The Morgan fingerprint density at radius 2 is 1.67 bits per heavy atom. The van der Waals surface area contributed by atoms with Crippen molar-refractivity contribution in [3.63, 3.8) is 0 Å². The summed E-state index contributed by atoms with van der Waals surface area (Å²) in [6.07, 6.45) is 0.422. The van der Waals surface area contributed by atoms with Crippen molar-refractivity contribution in [2.24, 2.45) is 5.73 Å². The molecule has 0 aliphatic carbocycles. The van der Waals surface area contributed by atoms with Crippen molar-refractivity contribution in [1.29, 1.82) is 0 Å². The Bertz CT molecular complexity index is 955. The summed E-state index contributed by atoms with van der Waals surface area (Å²) < 4.78 is 20.0. The van der Waals surface area contributed by atoms with Crippen molar-refractivity contribution in [1.82, 2.24) is 9.80 Å². The highest BCUT2D eigenvalue weighted by Crippen LogP contribution is 2.19. The first-order valence-corrected chi connectivity index (χ1v) is 9.71. The minimum atomic E-state index is -0.585. The van der Waals surface area contributed by atoms with Gasteiger partial charge in [-0.2, -0.15) is 0 Å². The van der Waals surface area contributed by atoms with Crippen LogP contribution in [0, 0.1) is 5.82 Å². The number of rotatable bonds is 6. The zero-order valence-corrected chi connectivity index (χ0v) is 16.8. The standard InChI is InChI=1S/C22H24FN3O4/c1-15(27)25-9-11-26(12-10-25)22(29)18-14-16(6-7-19(18)23)8-13-30-20-5-3-2-4-17(20)21(24)28/h2-7,14H,8-13H2,1H3,(H2,24,28). The van der Waals surface area contributed by atoms with Gasteiger partial charge in [-0.15, -0.1) is 0 Å². The van der Waals surface area contributed by atoms with Crippen LogP contribution in [-0.2, 0) is 11.2 Å². The van der Waals surface area contributed by atoms with Crippen molar-refractivity contribution in [2.45, 2.75) is 13.3 Å². The van der Waals surface area contributed by atoms with E-state index in [0.29, 0.717) is 38.3 Å². The third-order valence-electron chi connectivity index (χ3n) is 5.07. The number of carbonyl (C=O) groups is 3. The Kier molecular flexibility index (Phi) is 6.66. The number of halogens is 1. The first-order chi connectivity index (χ1) is 14.4. The van der Waals surface area contributed by atoms with Crippen LogP contribution in [-0.4, -0.2) is 60.3 Å². The molecule has 0 unspecified atom stereocenters. The summed E-state index contributed by atoms with van der Waals surface area (Å²) in [5, 5.41) is 0. The zero-order valence-electron chi connectivity index (χ0n) is 16.8. The van der Waals surface area contributed by atoms with Gasteiger partial charge in [-0.1, -0.05) is 18.2 Å². The van der Waals surface area contributed by atoms with Crippen LogP contribution in [0.5, 0.6) is 5.75 Å². The second-order valence-electron chi connectivity index (χ2n) is 7.07. The molecule has 2 aromatic rings. The summed E-state index contributed by atoms with van der Waals surface area (Å²) in [4.78, 5) is 38.9. The zero-order chi connectivity index (χ0) is 21.7. The molecule has 0 saturated carbocycles. The van der Waals surface area contributed by atoms with Gasteiger partial charge in [-0.25, -0.2) is 4.39 Å². The van der Waals surface area contributed by atoms with Crippen LogP contribution in [0.4, 0.5) is 4.39 Å². The average Bonchev–Trinajstić information content (AvgIpc) is 2.74. The van der Waals surface area contributed by atoms with Crippen LogP contribution in [0.15, 0.2) is 42.5 Å². The lowest BCUT2D eigenvalue weighted by atomic mass is 10.1. The second-order valence-corrected chi connectivity index (χ2v) is 7.07. The Morgan fingerprint density at radius 1 is 1.00 bits per heavy atom. The number of carbonyl (C=O) groups excluding carboxylic acids is 3. The summed E-state index contributed by atoms with van der Waals surface area (Å²) in [7, 11) is 0. The fraction of sp³-hybridized carbons (Fsp3) is 0.318. The van der Waals surface area contributed by atoms with E-state index in [4.69, 9.17) is 10.5 Å². The highest BCUT2D eigenvalue weighted by Gasteiger charge is 2.25. The molecular weight excluding hydrogens is 389 g/mol. The maximum absolute atomic E-state index is 14.3. The van der Waals surface area contributed by atoms with E-state index in [9.17, 15) is 18.8 Å². The fourth-order valence-electron chi connectivity index (χ4n) is 3.36. The largest absolute Gasteiger partial charge is 0.492 e. The lowest BCUT2D eigenvalue weighted by molar-refractivity contribution is -0.130. The van der Waals surface area contributed by atoms with E-state index in [2.05, 4.69) is 0 Å². The number of ether oxygens (including phenoxy) is 1. The number of hydrogen-bond acceptors (Lipinski definition) is 4. The summed E-state index contributed by atoms with van der Waals surface area (Å²) in [6.45, 7) is 3.35. The lowest BCUT2D eigenvalue weighted by Crippen LogP contribution is -2.50. The molecule has 30 heavy (non-hydrogen) atoms. The average molecular weight is 413 g/mol. The summed E-state index contributed by atoms with van der Waals surface area (Å²) in [6, 6.07) is 11.1. The molecule has 2 aromatic carbocycles. The fourth-order valence-corrected chi connectivity index (χ4v) is 3.36. The van der Waals surface area contributed by atoms with Crippen LogP contribution in [0.3, 0.4) is 0 Å². The van der Waals surface area contributed by atoms with E-state index in [-0.39, 0.29) is 23.6 Å². The number of primary amides is 1. The predicted octanol–water partition coefficient (Wildman–Crippen LogP) is 1.85. The van der Waals surface area contributed by atoms with Crippen LogP contribution < -0.4 is 10.5 Å². The molecule has 0 aromatic heterocycles. The van der Waals surface area contributed by atoms with Crippen molar-refractivity contribution in [2.75, 3.05) is 32.8 Å². The molecule has 1 heterocycles. The molecule has 0 spiro atoms. The number of piperazine rings is 1. The molecule has 1 aliphatic rings. The molecule has 0 bridgehead atoms. The van der Waals surface area contributed by atoms with Crippen molar-refractivity contribution in [3.05, 3.63) is 65.0 Å². The Hall–Kier alpha value is -3.42. The molecule has 3 amide bonds. The number of nitrogens with zero attached hydrogens (tertiary/aromatic N) is 2. The SMILES string of the molecule is CC(=O)N1CCN(C(=O)c2cc(CCOc3ccccc3C(N)=O)ccc2F)CC1. The van der Waals surface area contributed by atoms with Gasteiger partial charge >= 0.3 is 0 Å². The molecule has 1 aliphatic heterocycles. The Morgan fingerprint density at radius 3 is 2.33 bits per heavy atom. The van der Waals surface area contributed by atoms with E-state index < -0.39 is 17.6 Å². The van der Waals surface area contributed by atoms with E-state index >= 15 is 0 Å². The Balaban J connectivity index is 1.63. The van der Waals surface area contributed by atoms with Gasteiger partial charge in [-0.3, -0.25) is 14.4 Å². The molecular formula is C22H24FN3O4. The third kappa shape index (κ3) is 4.94. The molecule has 2 N–H and O–H groups in total. The van der Waals surface area contributed by atoms with Crippen LogP contribution in [0.1, 0.15) is 33.2 Å². The molecule has 3 rings (SSSR count). The molecule has 1 fully saturated rings. The van der Waals surface area contributed by atoms with E-state index in [0.717, 1.165) is 5.56 Å². The second kappa shape index (κ2) is 9.39. The predicted molar refractivity (Wildman–Crippen MR) is 109 cm³/mol. The van der Waals surface area contributed by atoms with Crippen molar-refractivity contribution >= 4 is 17.7 Å². The number of hydrogen-bond donors (Lipinski definition) is 1. The van der Waals surface area contributed by atoms with Gasteiger partial charge in [0.05, 0.1) is 17.7 Å². The lowest BCUT2D eigenvalue weighted by Gasteiger charge is -2.34. The smallest absolute Gasteiger partial charge is 0.256 e. The molecule has 7 nitrogen and oxygen atoms in total. The molecule has 0 atom stereocenters. The highest BCUT2D eigenvalue weighted by molar-refractivity contribution is 5.95. The summed E-state index contributed by atoms with van der Waals surface area (Å²) >= 11 is 0. The minimum absolute atomic E-state index is 0.00121. The Labute approximate surface area is 174 Å². The monoisotopic (exact) mass is 413 g/mol. The van der Waals surface area contributed by atoms with E-state index in [1.54, 1.807) is 40.1 Å².